The van der Waals surface area contributed by atoms with E-state index in [9.17, 15) is 14.9 Å². The Bertz CT molecular complexity index is 535. The maximum absolute atomic E-state index is 11.8. The summed E-state index contributed by atoms with van der Waals surface area (Å²) >= 11 is 6.10. The molecule has 1 saturated carbocycles. The molecule has 1 amide bonds. The molecule has 2 rings (SSSR count). The molecule has 0 bridgehead atoms. The Labute approximate surface area is 121 Å². The van der Waals surface area contributed by atoms with Crippen LogP contribution in [0.15, 0.2) is 12.1 Å². The third kappa shape index (κ3) is 3.39. The summed E-state index contributed by atoms with van der Waals surface area (Å²) in [6.45, 7) is 1.92. The first-order valence-corrected chi connectivity index (χ1v) is 6.71. The number of amides is 1. The van der Waals surface area contributed by atoms with E-state index in [2.05, 4.69) is 5.32 Å². The van der Waals surface area contributed by atoms with Crippen molar-refractivity contribution < 1.29 is 9.72 Å². The van der Waals surface area contributed by atoms with E-state index in [4.69, 9.17) is 11.6 Å². The van der Waals surface area contributed by atoms with Gasteiger partial charge in [-0.15, -0.1) is 0 Å². The largest absolute Gasteiger partial charge is 0.364 e. The summed E-state index contributed by atoms with van der Waals surface area (Å²) in [6.07, 6.45) is 2.07. The number of carbonyl (C=O) groups is 1. The highest BCUT2D eigenvalue weighted by Crippen LogP contribution is 2.33. The molecular formula is C13H16ClN3O3. The van der Waals surface area contributed by atoms with Crippen molar-refractivity contribution >= 4 is 28.9 Å². The number of nitrogens with one attached hydrogen (secondary N) is 1. The zero-order valence-electron chi connectivity index (χ0n) is 11.4. The fourth-order valence-electron chi connectivity index (χ4n) is 2.10. The average molecular weight is 298 g/mol. The van der Waals surface area contributed by atoms with Gasteiger partial charge in [0.15, 0.2) is 0 Å². The topological polar surface area (TPSA) is 75.5 Å². The first-order valence-electron chi connectivity index (χ1n) is 6.33. The molecule has 1 aromatic carbocycles. The number of hydrogen-bond donors (Lipinski definition) is 1. The van der Waals surface area contributed by atoms with Gasteiger partial charge in [0.2, 0.25) is 5.91 Å². The minimum atomic E-state index is -0.484. The SMILES string of the molecule is Cc1cc([N+](=O)[O-])cc(Cl)c1N(C)CC(=O)NC1CC1. The average Bonchev–Trinajstić information content (AvgIpc) is 3.11. The van der Waals surface area contributed by atoms with Crippen molar-refractivity contribution in [3.05, 3.63) is 32.8 Å². The fraction of sp³-hybridized carbons (Fsp3) is 0.462. The lowest BCUT2D eigenvalue weighted by molar-refractivity contribution is -0.384. The smallest absolute Gasteiger partial charge is 0.271 e. The van der Waals surface area contributed by atoms with Crippen molar-refractivity contribution in [3.63, 3.8) is 0 Å². The highest BCUT2D eigenvalue weighted by molar-refractivity contribution is 6.33. The molecule has 1 aliphatic rings. The molecule has 20 heavy (non-hydrogen) atoms. The Morgan fingerprint density at radius 3 is 2.70 bits per heavy atom. The van der Waals surface area contributed by atoms with E-state index in [1.54, 1.807) is 18.9 Å². The molecule has 0 heterocycles. The van der Waals surface area contributed by atoms with Gasteiger partial charge in [0.05, 0.1) is 22.2 Å². The van der Waals surface area contributed by atoms with Crippen molar-refractivity contribution in [2.75, 3.05) is 18.5 Å². The second-order valence-electron chi connectivity index (χ2n) is 5.05. The number of aryl methyl sites for hydroxylation is 1. The van der Waals surface area contributed by atoms with Crippen LogP contribution in [0.3, 0.4) is 0 Å². The van der Waals surface area contributed by atoms with E-state index in [0.29, 0.717) is 17.3 Å². The van der Waals surface area contributed by atoms with Crippen molar-refractivity contribution in [1.29, 1.82) is 0 Å². The number of hydrogen-bond acceptors (Lipinski definition) is 4. The summed E-state index contributed by atoms with van der Waals surface area (Å²) in [5.74, 6) is -0.0659. The standard InChI is InChI=1S/C13H16ClN3O3/c1-8-5-10(17(19)20)6-11(14)13(8)16(2)7-12(18)15-9-3-4-9/h5-6,9H,3-4,7H2,1-2H3,(H,15,18). The van der Waals surface area contributed by atoms with Crippen LogP contribution in [-0.4, -0.2) is 30.5 Å². The van der Waals surface area contributed by atoms with Gasteiger partial charge in [-0.05, 0) is 25.3 Å². The molecule has 1 fully saturated rings. The number of non-ortho nitro benzene ring substituents is 1. The molecule has 0 aromatic heterocycles. The number of carbonyl (C=O) groups excluding carboxylic acids is 1. The van der Waals surface area contributed by atoms with Crippen LogP contribution in [0.2, 0.25) is 5.02 Å². The Balaban J connectivity index is 2.14. The van der Waals surface area contributed by atoms with E-state index in [1.807, 2.05) is 0 Å². The lowest BCUT2D eigenvalue weighted by Gasteiger charge is -2.22. The number of nitro benzene ring substituents is 1. The van der Waals surface area contributed by atoms with E-state index in [1.165, 1.54) is 12.1 Å². The van der Waals surface area contributed by atoms with Gasteiger partial charge in [-0.1, -0.05) is 11.6 Å². The third-order valence-electron chi connectivity index (χ3n) is 3.15. The highest BCUT2D eigenvalue weighted by Gasteiger charge is 2.24. The summed E-state index contributed by atoms with van der Waals surface area (Å²) in [6, 6.07) is 3.07. The molecule has 0 radical (unpaired) electrons. The summed E-state index contributed by atoms with van der Waals surface area (Å²) in [5, 5.41) is 13.9. The lowest BCUT2D eigenvalue weighted by Crippen LogP contribution is -2.36. The first-order chi connectivity index (χ1) is 9.38. The Morgan fingerprint density at radius 2 is 2.20 bits per heavy atom. The van der Waals surface area contributed by atoms with Crippen LogP contribution in [0.5, 0.6) is 0 Å². The molecule has 0 atom stereocenters. The zero-order chi connectivity index (χ0) is 14.9. The van der Waals surface area contributed by atoms with Gasteiger partial charge in [0.1, 0.15) is 0 Å². The van der Waals surface area contributed by atoms with Crippen LogP contribution >= 0.6 is 11.6 Å². The van der Waals surface area contributed by atoms with Gasteiger partial charge in [-0.2, -0.15) is 0 Å². The highest BCUT2D eigenvalue weighted by atomic mass is 35.5. The monoisotopic (exact) mass is 297 g/mol. The summed E-state index contributed by atoms with van der Waals surface area (Å²) in [5.41, 5.74) is 1.27. The minimum absolute atomic E-state index is 0.0490. The second kappa shape index (κ2) is 5.66. The normalized spacial score (nSPS) is 13.9. The molecule has 6 nitrogen and oxygen atoms in total. The predicted molar refractivity (Wildman–Crippen MR) is 77.3 cm³/mol. The van der Waals surface area contributed by atoms with Crippen LogP contribution in [0.1, 0.15) is 18.4 Å². The molecule has 0 spiro atoms. The van der Waals surface area contributed by atoms with Crippen molar-refractivity contribution in [2.24, 2.45) is 0 Å². The summed E-state index contributed by atoms with van der Waals surface area (Å²) in [4.78, 5) is 23.8. The summed E-state index contributed by atoms with van der Waals surface area (Å²) in [7, 11) is 1.74. The van der Waals surface area contributed by atoms with Crippen LogP contribution in [0, 0.1) is 17.0 Å². The Hall–Kier alpha value is -1.82. The molecule has 1 aromatic rings. The maximum Gasteiger partial charge on any atom is 0.271 e. The van der Waals surface area contributed by atoms with Crippen LogP contribution < -0.4 is 10.2 Å². The number of nitro groups is 1. The van der Waals surface area contributed by atoms with Crippen LogP contribution in [0.25, 0.3) is 0 Å². The lowest BCUT2D eigenvalue weighted by atomic mass is 10.1. The van der Waals surface area contributed by atoms with Gasteiger partial charge in [-0.3, -0.25) is 14.9 Å². The number of benzene rings is 1. The van der Waals surface area contributed by atoms with E-state index < -0.39 is 4.92 Å². The quantitative estimate of drug-likeness (QED) is 0.668. The van der Waals surface area contributed by atoms with Crippen molar-refractivity contribution in [2.45, 2.75) is 25.8 Å². The predicted octanol–water partition coefficient (Wildman–Crippen LogP) is 2.27. The van der Waals surface area contributed by atoms with Gasteiger partial charge in [0.25, 0.3) is 5.69 Å². The molecule has 0 saturated heterocycles. The molecular weight excluding hydrogens is 282 g/mol. The number of rotatable bonds is 5. The van der Waals surface area contributed by atoms with Gasteiger partial charge in [-0.25, -0.2) is 0 Å². The summed E-state index contributed by atoms with van der Waals surface area (Å²) < 4.78 is 0. The van der Waals surface area contributed by atoms with Crippen molar-refractivity contribution in [3.8, 4) is 0 Å². The second-order valence-corrected chi connectivity index (χ2v) is 5.46. The van der Waals surface area contributed by atoms with Gasteiger partial charge < -0.3 is 10.2 Å². The van der Waals surface area contributed by atoms with Crippen LogP contribution in [0.4, 0.5) is 11.4 Å². The molecule has 7 heteroatoms. The molecule has 0 aliphatic heterocycles. The molecule has 108 valence electrons. The molecule has 1 N–H and O–H groups in total. The Kier molecular flexibility index (Phi) is 4.13. The number of likely N-dealkylation sites (N-methyl/N-ethyl adjacent to an activating group) is 1. The van der Waals surface area contributed by atoms with Gasteiger partial charge >= 0.3 is 0 Å². The Morgan fingerprint density at radius 1 is 1.55 bits per heavy atom. The minimum Gasteiger partial charge on any atom is -0.364 e. The number of anilines is 1. The molecule has 1 aliphatic carbocycles. The van der Waals surface area contributed by atoms with Crippen LogP contribution in [-0.2, 0) is 4.79 Å². The van der Waals surface area contributed by atoms with Gasteiger partial charge in [0, 0.05) is 25.2 Å². The third-order valence-corrected chi connectivity index (χ3v) is 3.44. The zero-order valence-corrected chi connectivity index (χ0v) is 12.1. The van der Waals surface area contributed by atoms with E-state index in [0.717, 1.165) is 12.8 Å². The molecule has 0 unspecified atom stereocenters. The number of nitrogens with zero attached hydrogens (tertiary/aromatic N) is 2. The first kappa shape index (κ1) is 14.6. The van der Waals surface area contributed by atoms with E-state index >= 15 is 0 Å². The maximum atomic E-state index is 11.8. The number of halogens is 1. The van der Waals surface area contributed by atoms with E-state index in [-0.39, 0.29) is 23.2 Å². The fourth-order valence-corrected chi connectivity index (χ4v) is 2.51. The van der Waals surface area contributed by atoms with Crippen molar-refractivity contribution in [1.82, 2.24) is 5.32 Å².